The van der Waals surface area contributed by atoms with Crippen molar-refractivity contribution in [1.29, 1.82) is 0 Å². The molecule has 0 aromatic carbocycles. The van der Waals surface area contributed by atoms with E-state index in [2.05, 4.69) is 9.25 Å². The molecule has 13 heavy (non-hydrogen) atoms. The van der Waals surface area contributed by atoms with Gasteiger partial charge in [0.15, 0.2) is 0 Å². The van der Waals surface area contributed by atoms with Crippen LogP contribution in [0.1, 0.15) is 32.6 Å². The maximum absolute atomic E-state index is 11.9. The van der Waals surface area contributed by atoms with Crippen LogP contribution in [0.5, 0.6) is 0 Å². The molecular weight excluding hydrogens is 198 g/mol. The van der Waals surface area contributed by atoms with Crippen LogP contribution in [0.4, 0.5) is 4.53 Å². The first kappa shape index (κ1) is 11.1. The second kappa shape index (κ2) is 5.05. The van der Waals surface area contributed by atoms with Crippen LogP contribution >= 0.6 is 7.82 Å². The topological polar surface area (TPSA) is 44.8 Å². The summed E-state index contributed by atoms with van der Waals surface area (Å²) in [5, 5.41) is 0. The molecule has 0 saturated heterocycles. The summed E-state index contributed by atoms with van der Waals surface area (Å²) in [6.07, 6.45) is 3.43. The number of hydrogen-bond donors (Lipinski definition) is 0. The lowest BCUT2D eigenvalue weighted by atomic mass is 10.3. The number of halogens is 1. The van der Waals surface area contributed by atoms with Gasteiger partial charge in [0.05, 0.1) is 12.7 Å². The normalized spacial score (nSPS) is 23.2. The van der Waals surface area contributed by atoms with Gasteiger partial charge in [-0.1, -0.05) is 17.6 Å². The van der Waals surface area contributed by atoms with Gasteiger partial charge in [-0.25, -0.2) is 4.57 Å². The highest BCUT2D eigenvalue weighted by molar-refractivity contribution is 7.48. The molecule has 0 aliphatic heterocycles. The molecule has 0 aromatic rings. The van der Waals surface area contributed by atoms with E-state index in [1.165, 1.54) is 0 Å². The lowest BCUT2D eigenvalue weighted by molar-refractivity contribution is -0.0637. The zero-order valence-corrected chi connectivity index (χ0v) is 8.47. The molecule has 1 rings (SSSR count). The highest BCUT2D eigenvalue weighted by atomic mass is 31.2. The predicted molar refractivity (Wildman–Crippen MR) is 44.8 cm³/mol. The van der Waals surface area contributed by atoms with Crippen LogP contribution in [0, 0.1) is 0 Å². The second-order valence-electron chi connectivity index (χ2n) is 2.95. The fourth-order valence-corrected chi connectivity index (χ4v) is 2.43. The molecule has 0 bridgehead atoms. The smallest absolute Gasteiger partial charge is 0.285 e. The monoisotopic (exact) mass is 212 g/mol. The highest BCUT2D eigenvalue weighted by Gasteiger charge is 2.32. The molecule has 0 spiro atoms. The van der Waals surface area contributed by atoms with E-state index in [-0.39, 0.29) is 12.7 Å². The molecule has 6 heteroatoms. The Labute approximate surface area is 76.9 Å². The van der Waals surface area contributed by atoms with E-state index in [0.717, 1.165) is 25.7 Å². The van der Waals surface area contributed by atoms with Gasteiger partial charge >= 0.3 is 7.82 Å². The van der Waals surface area contributed by atoms with Crippen LogP contribution in [-0.2, 0) is 18.3 Å². The fraction of sp³-hybridized carbons (Fsp3) is 1.00. The Morgan fingerprint density at radius 3 is 2.54 bits per heavy atom. The zero-order chi connectivity index (χ0) is 9.73. The van der Waals surface area contributed by atoms with Gasteiger partial charge in [0.25, 0.3) is 0 Å². The molecule has 1 fully saturated rings. The van der Waals surface area contributed by atoms with Crippen LogP contribution in [0.15, 0.2) is 0 Å². The quantitative estimate of drug-likeness (QED) is 0.657. The third-order valence-electron chi connectivity index (χ3n) is 1.95. The molecule has 0 radical (unpaired) electrons. The van der Waals surface area contributed by atoms with Gasteiger partial charge in [0.1, 0.15) is 0 Å². The van der Waals surface area contributed by atoms with Crippen molar-refractivity contribution >= 4 is 7.82 Å². The standard InChI is InChI=1S/C7H14FO4P/c1-2-10-13(9,12-8)11-7-5-3-4-6-7/h7H,2-6H2,1H3. The van der Waals surface area contributed by atoms with Crippen molar-refractivity contribution < 1.29 is 22.9 Å². The van der Waals surface area contributed by atoms with E-state index in [1.54, 1.807) is 6.92 Å². The van der Waals surface area contributed by atoms with E-state index < -0.39 is 7.82 Å². The van der Waals surface area contributed by atoms with E-state index in [9.17, 15) is 9.09 Å². The van der Waals surface area contributed by atoms with Crippen LogP contribution in [0.25, 0.3) is 0 Å². The van der Waals surface area contributed by atoms with E-state index in [1.807, 2.05) is 0 Å². The third kappa shape index (κ3) is 3.35. The van der Waals surface area contributed by atoms with E-state index in [4.69, 9.17) is 4.52 Å². The maximum Gasteiger partial charge on any atom is 0.506 e. The molecule has 1 saturated carbocycles. The zero-order valence-electron chi connectivity index (χ0n) is 7.57. The first-order valence-electron chi connectivity index (χ1n) is 4.43. The fourth-order valence-electron chi connectivity index (χ4n) is 1.40. The maximum atomic E-state index is 11.9. The summed E-state index contributed by atoms with van der Waals surface area (Å²) in [5.41, 5.74) is 0. The molecule has 78 valence electrons. The first-order chi connectivity index (χ1) is 6.20. The highest BCUT2D eigenvalue weighted by Crippen LogP contribution is 2.52. The molecule has 1 aliphatic carbocycles. The van der Waals surface area contributed by atoms with Crippen LogP contribution in [0.2, 0.25) is 0 Å². The van der Waals surface area contributed by atoms with Crippen LogP contribution in [-0.4, -0.2) is 12.7 Å². The molecule has 1 unspecified atom stereocenters. The predicted octanol–water partition coefficient (Wildman–Crippen LogP) is 2.99. The summed E-state index contributed by atoms with van der Waals surface area (Å²) in [4.78, 5) is 0. The van der Waals surface area contributed by atoms with E-state index in [0.29, 0.717) is 0 Å². The van der Waals surface area contributed by atoms with Crippen molar-refractivity contribution in [2.75, 3.05) is 6.61 Å². The SMILES string of the molecule is CCOP(=O)(OF)OC1CCCC1. The average molecular weight is 212 g/mol. The summed E-state index contributed by atoms with van der Waals surface area (Å²) in [5.74, 6) is 0. The Morgan fingerprint density at radius 1 is 1.46 bits per heavy atom. The van der Waals surface area contributed by atoms with Gasteiger partial charge in [0.2, 0.25) is 0 Å². The van der Waals surface area contributed by atoms with Crippen molar-refractivity contribution in [2.24, 2.45) is 0 Å². The molecule has 0 aromatic heterocycles. The minimum Gasteiger partial charge on any atom is -0.285 e. The molecule has 1 atom stereocenters. The average Bonchev–Trinajstić information content (AvgIpc) is 2.57. The molecule has 0 amide bonds. The van der Waals surface area contributed by atoms with Crippen LogP contribution < -0.4 is 0 Å². The van der Waals surface area contributed by atoms with Gasteiger partial charge in [-0.05, 0) is 24.3 Å². The molecule has 0 heterocycles. The summed E-state index contributed by atoms with van der Waals surface area (Å²) in [6.45, 7) is 1.71. The summed E-state index contributed by atoms with van der Waals surface area (Å²) in [7, 11) is -3.92. The Bertz CT molecular complexity index is 193. The van der Waals surface area contributed by atoms with Crippen molar-refractivity contribution in [1.82, 2.24) is 0 Å². The van der Waals surface area contributed by atoms with Crippen molar-refractivity contribution in [3.63, 3.8) is 0 Å². The Morgan fingerprint density at radius 2 is 2.08 bits per heavy atom. The largest absolute Gasteiger partial charge is 0.506 e. The lowest BCUT2D eigenvalue weighted by Gasteiger charge is -2.16. The molecule has 0 N–H and O–H groups in total. The Hall–Kier alpha value is 0.0400. The van der Waals surface area contributed by atoms with Gasteiger partial charge in [-0.2, -0.15) is 0 Å². The van der Waals surface area contributed by atoms with Crippen molar-refractivity contribution in [3.8, 4) is 0 Å². The van der Waals surface area contributed by atoms with Gasteiger partial charge in [-0.3, -0.25) is 9.05 Å². The molecule has 1 aliphatic rings. The van der Waals surface area contributed by atoms with Crippen molar-refractivity contribution in [3.05, 3.63) is 0 Å². The summed E-state index contributed by atoms with van der Waals surface area (Å²) in [6, 6.07) is 0. The Balaban J connectivity index is 2.41. The minimum absolute atomic E-state index is 0.105. The number of phosphoric acid groups is 1. The van der Waals surface area contributed by atoms with Gasteiger partial charge in [-0.15, -0.1) is 0 Å². The minimum atomic E-state index is -3.92. The third-order valence-corrected chi connectivity index (χ3v) is 3.25. The van der Waals surface area contributed by atoms with Crippen LogP contribution in [0.3, 0.4) is 0 Å². The van der Waals surface area contributed by atoms with E-state index >= 15 is 0 Å². The summed E-state index contributed by atoms with van der Waals surface area (Å²) >= 11 is 0. The Kier molecular flexibility index (Phi) is 4.32. The number of hydrogen-bond acceptors (Lipinski definition) is 4. The second-order valence-corrected chi connectivity index (χ2v) is 4.45. The number of rotatable bonds is 5. The molecule has 4 nitrogen and oxygen atoms in total. The number of phosphoric ester groups is 1. The lowest BCUT2D eigenvalue weighted by Crippen LogP contribution is -2.07. The van der Waals surface area contributed by atoms with Crippen molar-refractivity contribution in [2.45, 2.75) is 38.7 Å². The first-order valence-corrected chi connectivity index (χ1v) is 5.89. The van der Waals surface area contributed by atoms with Gasteiger partial charge in [0, 0.05) is 0 Å². The molecular formula is C7H14FO4P. The summed E-state index contributed by atoms with van der Waals surface area (Å²) < 4.78 is 35.9. The van der Waals surface area contributed by atoms with Gasteiger partial charge < -0.3 is 0 Å².